The second-order valence-corrected chi connectivity index (χ2v) is 5.78. The molecule has 0 saturated carbocycles. The SMILES string of the molecule is Fc1cccc(COc2nc(Nc3ccccc3)nc3ccccc23)c1. The first-order valence-electron chi connectivity index (χ1n) is 8.24. The Kier molecular flexibility index (Phi) is 4.43. The van der Waals surface area contributed by atoms with E-state index in [0.29, 0.717) is 11.8 Å². The summed E-state index contributed by atoms with van der Waals surface area (Å²) in [6.45, 7) is 0.226. The van der Waals surface area contributed by atoms with E-state index in [1.807, 2.05) is 60.7 Å². The van der Waals surface area contributed by atoms with Crippen molar-refractivity contribution in [2.45, 2.75) is 6.61 Å². The van der Waals surface area contributed by atoms with Crippen molar-refractivity contribution < 1.29 is 9.13 Å². The summed E-state index contributed by atoms with van der Waals surface area (Å²) in [4.78, 5) is 9.03. The summed E-state index contributed by atoms with van der Waals surface area (Å²) in [5.74, 6) is 0.618. The molecule has 0 spiro atoms. The van der Waals surface area contributed by atoms with E-state index in [1.165, 1.54) is 12.1 Å². The molecule has 0 amide bonds. The fourth-order valence-corrected chi connectivity index (χ4v) is 2.64. The van der Waals surface area contributed by atoms with Crippen LogP contribution in [-0.2, 0) is 6.61 Å². The number of aromatic nitrogens is 2. The zero-order valence-electron chi connectivity index (χ0n) is 13.9. The lowest BCUT2D eigenvalue weighted by Gasteiger charge is -2.11. The molecule has 26 heavy (non-hydrogen) atoms. The van der Waals surface area contributed by atoms with Crippen molar-refractivity contribution in [2.75, 3.05) is 5.32 Å². The van der Waals surface area contributed by atoms with Gasteiger partial charge in [-0.15, -0.1) is 0 Å². The van der Waals surface area contributed by atoms with Gasteiger partial charge in [0.1, 0.15) is 12.4 Å². The zero-order valence-corrected chi connectivity index (χ0v) is 13.9. The smallest absolute Gasteiger partial charge is 0.231 e. The second kappa shape index (κ2) is 7.19. The maximum atomic E-state index is 13.4. The molecule has 0 aliphatic carbocycles. The topological polar surface area (TPSA) is 47.0 Å². The lowest BCUT2D eigenvalue weighted by Crippen LogP contribution is -2.03. The fraction of sp³-hybridized carbons (Fsp3) is 0.0476. The van der Waals surface area contributed by atoms with Gasteiger partial charge in [-0.25, -0.2) is 9.37 Å². The lowest BCUT2D eigenvalue weighted by molar-refractivity contribution is 0.297. The minimum absolute atomic E-state index is 0.226. The highest BCUT2D eigenvalue weighted by Gasteiger charge is 2.09. The first-order chi connectivity index (χ1) is 12.8. The third-order valence-electron chi connectivity index (χ3n) is 3.86. The molecule has 0 radical (unpaired) electrons. The van der Waals surface area contributed by atoms with Crippen molar-refractivity contribution in [3.05, 3.63) is 90.2 Å². The van der Waals surface area contributed by atoms with Crippen molar-refractivity contribution in [3.8, 4) is 5.88 Å². The second-order valence-electron chi connectivity index (χ2n) is 5.78. The van der Waals surface area contributed by atoms with E-state index in [0.717, 1.165) is 22.2 Å². The lowest BCUT2D eigenvalue weighted by atomic mass is 10.2. The van der Waals surface area contributed by atoms with Crippen molar-refractivity contribution in [3.63, 3.8) is 0 Å². The molecule has 0 aliphatic rings. The van der Waals surface area contributed by atoms with Crippen LogP contribution in [0.4, 0.5) is 16.0 Å². The van der Waals surface area contributed by atoms with Crippen LogP contribution in [-0.4, -0.2) is 9.97 Å². The summed E-state index contributed by atoms with van der Waals surface area (Å²) < 4.78 is 19.2. The van der Waals surface area contributed by atoms with E-state index in [4.69, 9.17) is 4.74 Å². The number of rotatable bonds is 5. The molecule has 1 heterocycles. The average Bonchev–Trinajstić information content (AvgIpc) is 2.67. The predicted molar refractivity (Wildman–Crippen MR) is 100.0 cm³/mol. The summed E-state index contributed by atoms with van der Waals surface area (Å²) in [5, 5.41) is 3.99. The Bertz CT molecular complexity index is 1040. The quantitative estimate of drug-likeness (QED) is 0.547. The molecule has 1 aromatic heterocycles. The number of fused-ring (bicyclic) bond motifs is 1. The third-order valence-corrected chi connectivity index (χ3v) is 3.86. The van der Waals surface area contributed by atoms with E-state index in [2.05, 4.69) is 15.3 Å². The number of hydrogen-bond donors (Lipinski definition) is 1. The van der Waals surface area contributed by atoms with E-state index in [9.17, 15) is 4.39 Å². The number of nitrogens with one attached hydrogen (secondary N) is 1. The standard InChI is InChI=1S/C21H16FN3O/c22-16-8-6-7-15(13-16)14-26-20-18-11-4-5-12-19(18)24-21(25-20)23-17-9-2-1-3-10-17/h1-13H,14H2,(H,23,24,25). The van der Waals surface area contributed by atoms with Gasteiger partial charge in [0.05, 0.1) is 10.9 Å². The summed E-state index contributed by atoms with van der Waals surface area (Å²) in [6.07, 6.45) is 0. The molecule has 0 bridgehead atoms. The summed E-state index contributed by atoms with van der Waals surface area (Å²) in [5.41, 5.74) is 2.40. The van der Waals surface area contributed by atoms with Crippen molar-refractivity contribution in [2.24, 2.45) is 0 Å². The van der Waals surface area contributed by atoms with Crippen LogP contribution in [0.2, 0.25) is 0 Å². The Morgan fingerprint density at radius 1 is 0.846 bits per heavy atom. The third kappa shape index (κ3) is 3.62. The molecule has 3 aromatic carbocycles. The van der Waals surface area contributed by atoms with Crippen LogP contribution in [0.5, 0.6) is 5.88 Å². The van der Waals surface area contributed by atoms with Gasteiger partial charge in [-0.2, -0.15) is 4.98 Å². The fourth-order valence-electron chi connectivity index (χ4n) is 2.64. The summed E-state index contributed by atoms with van der Waals surface area (Å²) in [6, 6.07) is 23.7. The highest BCUT2D eigenvalue weighted by molar-refractivity contribution is 5.84. The van der Waals surface area contributed by atoms with Gasteiger partial charge < -0.3 is 10.1 Å². The highest BCUT2D eigenvalue weighted by atomic mass is 19.1. The molecule has 0 aliphatic heterocycles. The Labute approximate surface area is 150 Å². The summed E-state index contributed by atoms with van der Waals surface area (Å²) >= 11 is 0. The minimum atomic E-state index is -0.287. The average molecular weight is 345 g/mol. The maximum Gasteiger partial charge on any atom is 0.231 e. The van der Waals surface area contributed by atoms with E-state index >= 15 is 0 Å². The number of para-hydroxylation sites is 2. The van der Waals surface area contributed by atoms with E-state index < -0.39 is 0 Å². The Morgan fingerprint density at radius 2 is 1.65 bits per heavy atom. The monoisotopic (exact) mass is 345 g/mol. The number of halogens is 1. The van der Waals surface area contributed by atoms with Crippen molar-refractivity contribution in [1.29, 1.82) is 0 Å². The number of ether oxygens (including phenoxy) is 1. The van der Waals surface area contributed by atoms with Gasteiger partial charge in [0, 0.05) is 5.69 Å². The molecular formula is C21H16FN3O. The summed E-state index contributed by atoms with van der Waals surface area (Å²) in [7, 11) is 0. The first-order valence-corrected chi connectivity index (χ1v) is 8.24. The molecule has 0 unspecified atom stereocenters. The Hall–Kier alpha value is -3.47. The molecule has 4 rings (SSSR count). The molecule has 128 valence electrons. The maximum absolute atomic E-state index is 13.4. The van der Waals surface area contributed by atoms with Crippen LogP contribution < -0.4 is 10.1 Å². The number of benzene rings is 3. The number of hydrogen-bond acceptors (Lipinski definition) is 4. The van der Waals surface area contributed by atoms with Gasteiger partial charge in [0.2, 0.25) is 11.8 Å². The molecule has 0 fully saturated rings. The number of anilines is 2. The Morgan fingerprint density at radius 3 is 2.50 bits per heavy atom. The normalized spacial score (nSPS) is 10.7. The van der Waals surface area contributed by atoms with Crippen LogP contribution in [0.25, 0.3) is 10.9 Å². The molecule has 0 saturated heterocycles. The zero-order chi connectivity index (χ0) is 17.8. The molecule has 4 nitrogen and oxygen atoms in total. The first kappa shape index (κ1) is 16.0. The Balaban J connectivity index is 1.65. The van der Waals surface area contributed by atoms with E-state index in [1.54, 1.807) is 6.07 Å². The van der Waals surface area contributed by atoms with Gasteiger partial charge in [-0.05, 0) is 42.0 Å². The van der Waals surface area contributed by atoms with Gasteiger partial charge in [-0.1, -0.05) is 42.5 Å². The molecule has 0 atom stereocenters. The van der Waals surface area contributed by atoms with E-state index in [-0.39, 0.29) is 12.4 Å². The highest BCUT2D eigenvalue weighted by Crippen LogP contribution is 2.26. The predicted octanol–water partition coefficient (Wildman–Crippen LogP) is 5.09. The van der Waals surface area contributed by atoms with Crippen LogP contribution in [0.15, 0.2) is 78.9 Å². The molecule has 5 heteroatoms. The molecule has 4 aromatic rings. The molecular weight excluding hydrogens is 329 g/mol. The van der Waals surface area contributed by atoms with Crippen LogP contribution >= 0.6 is 0 Å². The van der Waals surface area contributed by atoms with Crippen LogP contribution in [0, 0.1) is 5.82 Å². The van der Waals surface area contributed by atoms with Crippen molar-refractivity contribution >= 4 is 22.5 Å². The van der Waals surface area contributed by atoms with Crippen LogP contribution in [0.3, 0.4) is 0 Å². The molecule has 1 N–H and O–H groups in total. The largest absolute Gasteiger partial charge is 0.472 e. The van der Waals surface area contributed by atoms with Gasteiger partial charge in [0.25, 0.3) is 0 Å². The van der Waals surface area contributed by atoms with Gasteiger partial charge in [-0.3, -0.25) is 0 Å². The van der Waals surface area contributed by atoms with Crippen molar-refractivity contribution in [1.82, 2.24) is 9.97 Å². The number of nitrogens with zero attached hydrogens (tertiary/aromatic N) is 2. The van der Waals surface area contributed by atoms with Gasteiger partial charge >= 0.3 is 0 Å². The van der Waals surface area contributed by atoms with Gasteiger partial charge in [0.15, 0.2) is 0 Å². The van der Waals surface area contributed by atoms with Crippen LogP contribution in [0.1, 0.15) is 5.56 Å². The minimum Gasteiger partial charge on any atom is -0.472 e.